The molecule has 2 rings (SSSR count). The number of hydrogen-bond donors (Lipinski definition) is 2. The van der Waals surface area contributed by atoms with Crippen LogP contribution in [0.3, 0.4) is 0 Å². The maximum Gasteiger partial charge on any atom is 0.326 e. The largest absolute Gasteiger partial charge is 0.480 e. The summed E-state index contributed by atoms with van der Waals surface area (Å²) in [7, 11) is 0. The molecular weight excluding hydrogens is 292 g/mol. The lowest BCUT2D eigenvalue weighted by Crippen LogP contribution is -2.42. The normalized spacial score (nSPS) is 11.7. The minimum atomic E-state index is -1.10. The van der Waals surface area contributed by atoms with Crippen LogP contribution in [0.25, 0.3) is 0 Å². The highest BCUT2D eigenvalue weighted by atomic mass is 35.5. The van der Waals surface area contributed by atoms with Crippen molar-refractivity contribution < 1.29 is 14.7 Å². The Morgan fingerprint density at radius 3 is 2.48 bits per heavy atom. The molecule has 0 saturated heterocycles. The molecule has 2 N–H and O–H groups in total. The fraction of sp³-hybridized carbons (Fsp3) is 0.133. The Morgan fingerprint density at radius 2 is 1.90 bits per heavy atom. The summed E-state index contributed by atoms with van der Waals surface area (Å²) >= 11 is 5.69. The van der Waals surface area contributed by atoms with Gasteiger partial charge in [-0.05, 0) is 17.7 Å². The van der Waals surface area contributed by atoms with Crippen LogP contribution in [-0.4, -0.2) is 28.0 Å². The molecule has 108 valence electrons. The Labute approximate surface area is 126 Å². The van der Waals surface area contributed by atoms with Gasteiger partial charge >= 0.3 is 5.97 Å². The predicted molar refractivity (Wildman–Crippen MR) is 78.3 cm³/mol. The third kappa shape index (κ3) is 4.29. The summed E-state index contributed by atoms with van der Waals surface area (Å²) in [4.78, 5) is 27.1. The number of amides is 1. The molecule has 0 aliphatic carbocycles. The molecule has 0 saturated carbocycles. The van der Waals surface area contributed by atoms with Gasteiger partial charge in [0.2, 0.25) is 0 Å². The van der Waals surface area contributed by atoms with E-state index in [9.17, 15) is 14.7 Å². The Bertz CT molecular complexity index is 629. The maximum atomic E-state index is 12.0. The van der Waals surface area contributed by atoms with Gasteiger partial charge in [0.25, 0.3) is 5.91 Å². The average Bonchev–Trinajstić information content (AvgIpc) is 2.48. The van der Waals surface area contributed by atoms with Crippen molar-refractivity contribution >= 4 is 23.5 Å². The zero-order valence-corrected chi connectivity index (χ0v) is 11.7. The molecule has 1 aromatic carbocycles. The number of aliphatic carboxylic acids is 1. The van der Waals surface area contributed by atoms with Crippen LogP contribution in [-0.2, 0) is 11.2 Å². The molecule has 0 radical (unpaired) electrons. The second-order valence-electron chi connectivity index (χ2n) is 4.42. The molecule has 1 aromatic heterocycles. The van der Waals surface area contributed by atoms with E-state index in [1.54, 1.807) is 0 Å². The number of aromatic nitrogens is 1. The van der Waals surface area contributed by atoms with Crippen molar-refractivity contribution in [1.82, 2.24) is 10.3 Å². The first-order valence-corrected chi connectivity index (χ1v) is 6.63. The summed E-state index contributed by atoms with van der Waals surface area (Å²) < 4.78 is 0. The number of halogens is 1. The summed E-state index contributed by atoms with van der Waals surface area (Å²) in [5.74, 6) is -1.64. The first-order valence-electron chi connectivity index (χ1n) is 6.25. The van der Waals surface area contributed by atoms with Crippen molar-refractivity contribution in [2.75, 3.05) is 0 Å². The van der Waals surface area contributed by atoms with Gasteiger partial charge < -0.3 is 10.4 Å². The number of nitrogens with zero attached hydrogens (tertiary/aromatic N) is 1. The zero-order valence-electron chi connectivity index (χ0n) is 11.0. The van der Waals surface area contributed by atoms with Gasteiger partial charge in [-0.25, -0.2) is 9.78 Å². The summed E-state index contributed by atoms with van der Waals surface area (Å²) in [6.07, 6.45) is 1.54. The van der Waals surface area contributed by atoms with Gasteiger partial charge in [-0.15, -0.1) is 0 Å². The second-order valence-corrected chi connectivity index (χ2v) is 4.85. The number of carbonyl (C=O) groups is 2. The standard InChI is InChI=1S/C15H13ClN2O3/c16-11-6-7-12(17-9-11)14(19)18-13(15(20)21)8-10-4-2-1-3-5-10/h1-7,9,13H,8H2,(H,18,19)(H,20,21)/t13-/m1/s1. The van der Waals surface area contributed by atoms with Gasteiger partial charge in [-0.3, -0.25) is 4.79 Å². The monoisotopic (exact) mass is 304 g/mol. The number of benzene rings is 1. The Balaban J connectivity index is 2.07. The van der Waals surface area contributed by atoms with Crippen LogP contribution in [0.15, 0.2) is 48.7 Å². The van der Waals surface area contributed by atoms with E-state index in [1.165, 1.54) is 18.3 Å². The third-order valence-electron chi connectivity index (χ3n) is 2.85. The van der Waals surface area contributed by atoms with Gasteiger partial charge in [-0.2, -0.15) is 0 Å². The van der Waals surface area contributed by atoms with Crippen LogP contribution in [0.2, 0.25) is 5.02 Å². The third-order valence-corrected chi connectivity index (χ3v) is 3.07. The van der Waals surface area contributed by atoms with Crippen molar-refractivity contribution in [3.63, 3.8) is 0 Å². The van der Waals surface area contributed by atoms with Gasteiger partial charge in [0.05, 0.1) is 5.02 Å². The smallest absolute Gasteiger partial charge is 0.326 e. The summed E-state index contributed by atoms with van der Waals surface area (Å²) in [6, 6.07) is 11.0. The van der Waals surface area contributed by atoms with E-state index in [0.29, 0.717) is 5.02 Å². The van der Waals surface area contributed by atoms with Crippen LogP contribution >= 0.6 is 11.6 Å². The van der Waals surface area contributed by atoms with Gasteiger partial charge in [0.1, 0.15) is 11.7 Å². The minimum Gasteiger partial charge on any atom is -0.480 e. The van der Waals surface area contributed by atoms with Crippen molar-refractivity contribution in [3.05, 3.63) is 64.9 Å². The lowest BCUT2D eigenvalue weighted by molar-refractivity contribution is -0.139. The molecule has 0 bridgehead atoms. The lowest BCUT2D eigenvalue weighted by atomic mass is 10.1. The van der Waals surface area contributed by atoms with Crippen molar-refractivity contribution in [2.45, 2.75) is 12.5 Å². The minimum absolute atomic E-state index is 0.124. The molecular formula is C15H13ClN2O3. The van der Waals surface area contributed by atoms with E-state index in [1.807, 2.05) is 30.3 Å². The Kier molecular flexibility index (Phi) is 4.90. The number of rotatable bonds is 5. The highest BCUT2D eigenvalue weighted by Crippen LogP contribution is 2.07. The van der Waals surface area contributed by atoms with Crippen molar-refractivity contribution in [2.24, 2.45) is 0 Å². The van der Waals surface area contributed by atoms with E-state index in [2.05, 4.69) is 10.3 Å². The Morgan fingerprint density at radius 1 is 1.19 bits per heavy atom. The molecule has 1 heterocycles. The number of nitrogens with one attached hydrogen (secondary N) is 1. The maximum absolute atomic E-state index is 12.0. The fourth-order valence-corrected chi connectivity index (χ4v) is 1.90. The average molecular weight is 305 g/mol. The fourth-order valence-electron chi connectivity index (χ4n) is 1.79. The number of carbonyl (C=O) groups excluding carboxylic acids is 1. The van der Waals surface area contributed by atoms with Crippen LogP contribution in [0.4, 0.5) is 0 Å². The zero-order chi connectivity index (χ0) is 15.2. The summed E-state index contributed by atoms with van der Waals surface area (Å²) in [5.41, 5.74) is 0.952. The van der Waals surface area contributed by atoms with E-state index >= 15 is 0 Å². The van der Waals surface area contributed by atoms with E-state index in [0.717, 1.165) is 5.56 Å². The molecule has 0 spiro atoms. The predicted octanol–water partition coefficient (Wildman–Crippen LogP) is 2.16. The van der Waals surface area contributed by atoms with Gasteiger partial charge in [0.15, 0.2) is 0 Å². The molecule has 5 nitrogen and oxygen atoms in total. The molecule has 21 heavy (non-hydrogen) atoms. The van der Waals surface area contributed by atoms with Crippen molar-refractivity contribution in [3.8, 4) is 0 Å². The highest BCUT2D eigenvalue weighted by Gasteiger charge is 2.21. The first-order chi connectivity index (χ1) is 10.1. The van der Waals surface area contributed by atoms with Crippen LogP contribution in [0.1, 0.15) is 16.1 Å². The molecule has 0 aliphatic heterocycles. The molecule has 1 atom stereocenters. The number of carboxylic acid groups (broad SMARTS) is 1. The van der Waals surface area contributed by atoms with Crippen LogP contribution in [0, 0.1) is 0 Å². The molecule has 6 heteroatoms. The number of hydrogen-bond acceptors (Lipinski definition) is 3. The van der Waals surface area contributed by atoms with Gasteiger partial charge in [0, 0.05) is 12.6 Å². The SMILES string of the molecule is O=C(N[C@H](Cc1ccccc1)C(=O)O)c1ccc(Cl)cn1. The lowest BCUT2D eigenvalue weighted by Gasteiger charge is -2.14. The van der Waals surface area contributed by atoms with E-state index < -0.39 is 17.9 Å². The Hall–Kier alpha value is -2.40. The van der Waals surface area contributed by atoms with Crippen LogP contribution < -0.4 is 5.32 Å². The van der Waals surface area contributed by atoms with E-state index in [4.69, 9.17) is 11.6 Å². The summed E-state index contributed by atoms with van der Waals surface area (Å²) in [6.45, 7) is 0. The molecule has 0 fully saturated rings. The highest BCUT2D eigenvalue weighted by molar-refractivity contribution is 6.30. The van der Waals surface area contributed by atoms with E-state index in [-0.39, 0.29) is 12.1 Å². The summed E-state index contributed by atoms with van der Waals surface area (Å²) in [5, 5.41) is 12.1. The van der Waals surface area contributed by atoms with Gasteiger partial charge in [-0.1, -0.05) is 41.9 Å². The molecule has 0 unspecified atom stereocenters. The molecule has 2 aromatic rings. The topological polar surface area (TPSA) is 79.3 Å². The second kappa shape index (κ2) is 6.85. The molecule has 0 aliphatic rings. The molecule has 1 amide bonds. The number of pyridine rings is 1. The van der Waals surface area contributed by atoms with Crippen LogP contribution in [0.5, 0.6) is 0 Å². The first kappa shape index (κ1) is 15.0. The quantitative estimate of drug-likeness (QED) is 0.887. The number of carboxylic acids is 1. The van der Waals surface area contributed by atoms with Crippen molar-refractivity contribution in [1.29, 1.82) is 0 Å².